The Labute approximate surface area is 190 Å². The van der Waals surface area contributed by atoms with E-state index in [1.165, 1.54) is 19.9 Å². The number of nitrogens with zero attached hydrogens (tertiary/aromatic N) is 2. The number of rotatable bonds is 6. The van der Waals surface area contributed by atoms with Crippen LogP contribution in [0.4, 0.5) is 13.2 Å². The van der Waals surface area contributed by atoms with E-state index in [4.69, 9.17) is 0 Å². The molecule has 4 aliphatic rings. The molecule has 1 heterocycles. The average Bonchev–Trinajstić information content (AvgIpc) is 3.04. The van der Waals surface area contributed by atoms with E-state index < -0.39 is 44.5 Å². The Morgan fingerprint density at radius 3 is 2.36 bits per heavy atom. The van der Waals surface area contributed by atoms with Crippen molar-refractivity contribution >= 4 is 22.1 Å². The van der Waals surface area contributed by atoms with Gasteiger partial charge in [-0.25, -0.2) is 17.8 Å². The Bertz CT molecular complexity index is 1060. The smallest absolute Gasteiger partial charge is 0.390 e. The number of hydrogen-bond acceptors (Lipinski definition) is 5. The number of amides is 1. The molecule has 0 saturated heterocycles. The van der Waals surface area contributed by atoms with Gasteiger partial charge in [-0.3, -0.25) is 4.79 Å². The number of alkyl halides is 3. The number of aliphatic hydroxyl groups is 1. The van der Waals surface area contributed by atoms with Crippen molar-refractivity contribution < 1.29 is 31.5 Å². The van der Waals surface area contributed by atoms with E-state index in [0.29, 0.717) is 23.4 Å². The summed E-state index contributed by atoms with van der Waals surface area (Å²) >= 11 is 0. The number of carbonyl (C=O) groups excluding carboxylic acids is 1. The van der Waals surface area contributed by atoms with Gasteiger partial charge in [-0.05, 0) is 69.8 Å². The highest BCUT2D eigenvalue weighted by atomic mass is 32.2. The van der Waals surface area contributed by atoms with Crippen molar-refractivity contribution in [1.82, 2.24) is 19.8 Å². The van der Waals surface area contributed by atoms with E-state index in [2.05, 4.69) is 15.1 Å². The standard InChI is InChI=1S/C21H29F3N4O4S/c1-19(2,27-33(3,31)32)4-5-28-17(21(22,23)24)15(11-25-28)18(29)26-16-13-6-12-7-14(16)10-20(30,8-12)9-13/h4-5,11-14,16,27,30H,6-10H2,1-3H3,(H,26,29). The van der Waals surface area contributed by atoms with Crippen molar-refractivity contribution in [3.05, 3.63) is 23.5 Å². The monoisotopic (exact) mass is 490 g/mol. The lowest BCUT2D eigenvalue weighted by Crippen LogP contribution is -2.61. The predicted octanol–water partition coefficient (Wildman–Crippen LogP) is 2.37. The van der Waals surface area contributed by atoms with Gasteiger partial charge in [0.05, 0.1) is 23.6 Å². The van der Waals surface area contributed by atoms with E-state index in [1.54, 1.807) is 0 Å². The van der Waals surface area contributed by atoms with Crippen LogP contribution >= 0.6 is 0 Å². The average molecular weight is 491 g/mol. The molecule has 4 aliphatic carbocycles. The van der Waals surface area contributed by atoms with Crippen LogP contribution < -0.4 is 10.0 Å². The van der Waals surface area contributed by atoms with Gasteiger partial charge in [0.15, 0.2) is 5.69 Å². The fraction of sp³-hybridized carbons (Fsp3) is 0.714. The topological polar surface area (TPSA) is 113 Å². The zero-order valence-corrected chi connectivity index (χ0v) is 19.5. The van der Waals surface area contributed by atoms with E-state index in [-0.39, 0.29) is 17.9 Å². The van der Waals surface area contributed by atoms with Crippen molar-refractivity contribution in [2.45, 2.75) is 69.3 Å². The van der Waals surface area contributed by atoms with Gasteiger partial charge in [0.25, 0.3) is 5.91 Å². The van der Waals surface area contributed by atoms with Gasteiger partial charge in [0, 0.05) is 17.8 Å². The van der Waals surface area contributed by atoms with Gasteiger partial charge in [0.1, 0.15) is 0 Å². The fourth-order valence-electron chi connectivity index (χ4n) is 6.14. The molecule has 184 valence electrons. The Balaban J connectivity index is 1.57. The molecule has 2 unspecified atom stereocenters. The minimum Gasteiger partial charge on any atom is -0.390 e. The third kappa shape index (κ3) is 5.12. The van der Waals surface area contributed by atoms with E-state index in [0.717, 1.165) is 37.9 Å². The highest BCUT2D eigenvalue weighted by molar-refractivity contribution is 7.88. The first-order valence-electron chi connectivity index (χ1n) is 10.9. The molecule has 0 spiro atoms. The maximum absolute atomic E-state index is 13.9. The van der Waals surface area contributed by atoms with Gasteiger partial charge in [-0.2, -0.15) is 18.3 Å². The molecule has 8 nitrogen and oxygen atoms in total. The number of halogens is 3. The second-order valence-electron chi connectivity index (χ2n) is 10.5. The lowest BCUT2D eigenvalue weighted by Gasteiger charge is -2.58. The largest absolute Gasteiger partial charge is 0.434 e. The number of nitrogens with one attached hydrogen (secondary N) is 2. The molecule has 1 amide bonds. The molecule has 0 aromatic carbocycles. The van der Waals surface area contributed by atoms with Crippen LogP contribution in [0.15, 0.2) is 12.3 Å². The van der Waals surface area contributed by atoms with Crippen LogP contribution in [0, 0.1) is 17.8 Å². The molecular weight excluding hydrogens is 461 g/mol. The van der Waals surface area contributed by atoms with E-state index in [1.807, 2.05) is 0 Å². The first-order chi connectivity index (χ1) is 15.1. The number of carbonyl (C=O) groups is 1. The second-order valence-corrected chi connectivity index (χ2v) is 12.2. The SMILES string of the molecule is CC(C)(C=Cn1ncc(C(=O)NC2C3CC4CC2CC(O)(C4)C3)c1C(F)(F)F)NS(C)(=O)=O. The summed E-state index contributed by atoms with van der Waals surface area (Å²) in [6.07, 6.45) is 2.80. The minimum atomic E-state index is -4.86. The van der Waals surface area contributed by atoms with Gasteiger partial charge in [-0.1, -0.05) is 0 Å². The van der Waals surface area contributed by atoms with Crippen LogP contribution in [0.2, 0.25) is 0 Å². The van der Waals surface area contributed by atoms with Crippen LogP contribution in [-0.4, -0.2) is 52.6 Å². The zero-order valence-electron chi connectivity index (χ0n) is 18.7. The number of sulfonamides is 1. The van der Waals surface area contributed by atoms with Crippen molar-refractivity contribution in [3.63, 3.8) is 0 Å². The third-order valence-corrected chi connectivity index (χ3v) is 7.82. The maximum Gasteiger partial charge on any atom is 0.434 e. The van der Waals surface area contributed by atoms with Crippen molar-refractivity contribution in [3.8, 4) is 0 Å². The molecule has 5 rings (SSSR count). The lowest BCUT2D eigenvalue weighted by atomic mass is 9.52. The second kappa shape index (κ2) is 7.81. The molecule has 1 aromatic rings. The van der Waals surface area contributed by atoms with Gasteiger partial charge < -0.3 is 10.4 Å². The predicted molar refractivity (Wildman–Crippen MR) is 114 cm³/mol. The van der Waals surface area contributed by atoms with Gasteiger partial charge in [-0.15, -0.1) is 0 Å². The van der Waals surface area contributed by atoms with Crippen LogP contribution in [0.1, 0.15) is 62.0 Å². The molecule has 12 heteroatoms. The third-order valence-electron chi connectivity index (χ3n) is 6.93. The first kappa shape index (κ1) is 24.2. The summed E-state index contributed by atoms with van der Waals surface area (Å²) in [4.78, 5) is 12.9. The van der Waals surface area contributed by atoms with Crippen molar-refractivity contribution in [1.29, 1.82) is 0 Å². The number of aromatic nitrogens is 2. The molecule has 2 atom stereocenters. The Hall–Kier alpha value is -1.92. The summed E-state index contributed by atoms with van der Waals surface area (Å²) in [7, 11) is -3.60. The summed E-state index contributed by atoms with van der Waals surface area (Å²) in [5.74, 6) is -0.335. The molecule has 4 fully saturated rings. The highest BCUT2D eigenvalue weighted by Crippen LogP contribution is 2.55. The van der Waals surface area contributed by atoms with Crippen molar-refractivity contribution in [2.75, 3.05) is 6.26 Å². The Morgan fingerprint density at radius 2 is 1.85 bits per heavy atom. The number of hydrogen-bond donors (Lipinski definition) is 3. The molecule has 33 heavy (non-hydrogen) atoms. The normalized spacial score (nSPS) is 32.0. The summed E-state index contributed by atoms with van der Waals surface area (Å²) < 4.78 is 67.5. The van der Waals surface area contributed by atoms with Gasteiger partial charge in [0.2, 0.25) is 10.0 Å². The summed E-state index contributed by atoms with van der Waals surface area (Å²) in [6, 6.07) is -0.271. The summed E-state index contributed by atoms with van der Waals surface area (Å²) in [5.41, 5.74) is -3.70. The van der Waals surface area contributed by atoms with E-state index >= 15 is 0 Å². The first-order valence-corrected chi connectivity index (χ1v) is 12.8. The van der Waals surface area contributed by atoms with Crippen LogP contribution in [0.25, 0.3) is 6.20 Å². The van der Waals surface area contributed by atoms with Crippen molar-refractivity contribution in [2.24, 2.45) is 17.8 Å². The van der Waals surface area contributed by atoms with Gasteiger partial charge >= 0.3 is 6.18 Å². The highest BCUT2D eigenvalue weighted by Gasteiger charge is 2.55. The molecule has 3 N–H and O–H groups in total. The lowest BCUT2D eigenvalue weighted by molar-refractivity contribution is -0.143. The zero-order chi connectivity index (χ0) is 24.4. The molecule has 0 aliphatic heterocycles. The molecule has 1 aromatic heterocycles. The summed E-state index contributed by atoms with van der Waals surface area (Å²) in [5, 5.41) is 17.2. The molecular formula is C21H29F3N4O4S. The van der Waals surface area contributed by atoms with E-state index in [9.17, 15) is 31.5 Å². The van der Waals surface area contributed by atoms with Crippen LogP contribution in [0.3, 0.4) is 0 Å². The van der Waals surface area contributed by atoms with Crippen LogP contribution in [-0.2, 0) is 16.2 Å². The Morgan fingerprint density at radius 1 is 1.24 bits per heavy atom. The summed E-state index contributed by atoms with van der Waals surface area (Å²) in [6.45, 7) is 2.96. The Kier molecular flexibility index (Phi) is 5.73. The molecule has 4 saturated carbocycles. The molecule has 0 radical (unpaired) electrons. The quantitative estimate of drug-likeness (QED) is 0.567. The fourth-order valence-corrected chi connectivity index (χ4v) is 7.16. The minimum absolute atomic E-state index is 0.0531. The molecule has 4 bridgehead atoms. The maximum atomic E-state index is 13.9. The van der Waals surface area contributed by atoms with Crippen LogP contribution in [0.5, 0.6) is 0 Å².